The second-order valence-electron chi connectivity index (χ2n) is 3.59. The van der Waals surface area contributed by atoms with E-state index in [2.05, 4.69) is 18.4 Å². The van der Waals surface area contributed by atoms with Gasteiger partial charge in [-0.1, -0.05) is 26.3 Å². The molecule has 0 heterocycles. The zero-order chi connectivity index (χ0) is 11.0. The molecule has 14 heavy (non-hydrogen) atoms. The number of rotatable bonds is 7. The molecule has 0 saturated heterocycles. The van der Waals surface area contributed by atoms with Crippen LogP contribution < -0.4 is 0 Å². The van der Waals surface area contributed by atoms with E-state index in [0.29, 0.717) is 12.6 Å². The summed E-state index contributed by atoms with van der Waals surface area (Å²) in [6.07, 6.45) is 4.59. The molecule has 0 N–H and O–H groups in total. The number of carbonyl (C=O) groups excluding carboxylic acids is 1. The number of carbonyl (C=O) groups is 1. The molecule has 0 spiro atoms. The fourth-order valence-corrected chi connectivity index (χ4v) is 1.17. The Kier molecular flexibility index (Phi) is 7.11. The van der Waals surface area contributed by atoms with Crippen molar-refractivity contribution < 1.29 is 9.53 Å². The maximum atomic E-state index is 10.9. The molecule has 0 aromatic rings. The van der Waals surface area contributed by atoms with Crippen molar-refractivity contribution in [1.29, 1.82) is 0 Å². The van der Waals surface area contributed by atoms with E-state index in [1.807, 2.05) is 14.1 Å². The summed E-state index contributed by atoms with van der Waals surface area (Å²) in [6.45, 7) is 5.97. The van der Waals surface area contributed by atoms with Crippen LogP contribution in [0.4, 0.5) is 0 Å². The Bertz CT molecular complexity index is 178. The van der Waals surface area contributed by atoms with Crippen molar-refractivity contribution in [2.45, 2.75) is 32.2 Å². The molecule has 0 amide bonds. The normalized spacial score (nSPS) is 12.6. The minimum absolute atomic E-state index is 0.318. The molecule has 0 aliphatic rings. The molecule has 0 aromatic heterocycles. The first-order valence-corrected chi connectivity index (χ1v) is 5.07. The fraction of sp³-hybridized carbons (Fsp3) is 0.727. The van der Waals surface area contributed by atoms with Crippen molar-refractivity contribution in [1.82, 2.24) is 4.90 Å². The average Bonchev–Trinajstić information content (AvgIpc) is 2.16. The predicted molar refractivity (Wildman–Crippen MR) is 58.2 cm³/mol. The van der Waals surface area contributed by atoms with E-state index in [0.717, 1.165) is 12.8 Å². The highest BCUT2D eigenvalue weighted by Gasteiger charge is 2.12. The van der Waals surface area contributed by atoms with Crippen molar-refractivity contribution in [2.24, 2.45) is 0 Å². The lowest BCUT2D eigenvalue weighted by atomic mass is 10.1. The van der Waals surface area contributed by atoms with Crippen LogP contribution in [0, 0.1) is 0 Å². The molecule has 1 unspecified atom stereocenters. The highest BCUT2D eigenvalue weighted by atomic mass is 16.5. The summed E-state index contributed by atoms with van der Waals surface area (Å²) in [6, 6.07) is 0.318. The third-order valence-corrected chi connectivity index (χ3v) is 2.21. The number of unbranched alkanes of at least 4 members (excludes halogenated alkanes) is 1. The van der Waals surface area contributed by atoms with E-state index in [-0.39, 0.29) is 5.97 Å². The monoisotopic (exact) mass is 199 g/mol. The first kappa shape index (κ1) is 13.2. The quantitative estimate of drug-likeness (QED) is 0.463. The predicted octanol–water partition coefficient (Wildman–Crippen LogP) is 1.84. The second-order valence-corrected chi connectivity index (χ2v) is 3.59. The lowest BCUT2D eigenvalue weighted by molar-refractivity contribution is -0.139. The van der Waals surface area contributed by atoms with Crippen LogP contribution in [-0.2, 0) is 9.53 Å². The standard InChI is InChI=1S/C11H21NO2/c1-5-7-8-10(12(3)4)9-14-11(13)6-2/h6,10H,2,5,7-9H2,1,3-4H3. The van der Waals surface area contributed by atoms with Crippen LogP contribution in [0.25, 0.3) is 0 Å². The van der Waals surface area contributed by atoms with Gasteiger partial charge in [0.05, 0.1) is 0 Å². The minimum Gasteiger partial charge on any atom is -0.461 e. The van der Waals surface area contributed by atoms with Gasteiger partial charge in [0.15, 0.2) is 0 Å². The molecule has 82 valence electrons. The third-order valence-electron chi connectivity index (χ3n) is 2.21. The van der Waals surface area contributed by atoms with Crippen LogP contribution in [-0.4, -0.2) is 37.6 Å². The number of likely N-dealkylation sites (N-methyl/N-ethyl adjacent to an activating group) is 1. The van der Waals surface area contributed by atoms with Crippen LogP contribution in [0.5, 0.6) is 0 Å². The molecule has 0 aliphatic carbocycles. The zero-order valence-corrected chi connectivity index (χ0v) is 9.45. The van der Waals surface area contributed by atoms with Gasteiger partial charge in [-0.2, -0.15) is 0 Å². The molecule has 0 rings (SSSR count). The number of nitrogens with zero attached hydrogens (tertiary/aromatic N) is 1. The molecular formula is C11H21NO2. The van der Waals surface area contributed by atoms with Gasteiger partial charge in [-0.3, -0.25) is 0 Å². The Balaban J connectivity index is 3.84. The molecule has 3 nitrogen and oxygen atoms in total. The van der Waals surface area contributed by atoms with E-state index in [4.69, 9.17) is 4.74 Å². The van der Waals surface area contributed by atoms with Crippen LogP contribution in [0.15, 0.2) is 12.7 Å². The number of esters is 1. The van der Waals surface area contributed by atoms with Crippen LogP contribution in [0.1, 0.15) is 26.2 Å². The first-order chi connectivity index (χ1) is 6.61. The van der Waals surface area contributed by atoms with Crippen LogP contribution >= 0.6 is 0 Å². The summed E-state index contributed by atoms with van der Waals surface area (Å²) in [4.78, 5) is 12.9. The molecule has 1 atom stereocenters. The van der Waals surface area contributed by atoms with Gasteiger partial charge in [0.2, 0.25) is 0 Å². The maximum absolute atomic E-state index is 10.9. The Hall–Kier alpha value is -0.830. The summed E-state index contributed by atoms with van der Waals surface area (Å²) in [5.41, 5.74) is 0. The van der Waals surface area contributed by atoms with Crippen LogP contribution in [0.3, 0.4) is 0 Å². The van der Waals surface area contributed by atoms with Gasteiger partial charge in [0.1, 0.15) is 6.61 Å². The zero-order valence-electron chi connectivity index (χ0n) is 9.45. The van der Waals surface area contributed by atoms with Gasteiger partial charge in [-0.15, -0.1) is 0 Å². The van der Waals surface area contributed by atoms with Crippen molar-refractivity contribution in [3.63, 3.8) is 0 Å². The number of hydrogen-bond donors (Lipinski definition) is 0. The fourth-order valence-electron chi connectivity index (χ4n) is 1.17. The van der Waals surface area contributed by atoms with Crippen LogP contribution in [0.2, 0.25) is 0 Å². The van der Waals surface area contributed by atoms with Crippen molar-refractivity contribution in [3.05, 3.63) is 12.7 Å². The molecule has 0 fully saturated rings. The molecule has 0 radical (unpaired) electrons. The van der Waals surface area contributed by atoms with Gasteiger partial charge in [0.25, 0.3) is 0 Å². The SMILES string of the molecule is C=CC(=O)OCC(CCCC)N(C)C. The molecular weight excluding hydrogens is 178 g/mol. The smallest absolute Gasteiger partial charge is 0.330 e. The molecule has 0 bridgehead atoms. The summed E-state index contributed by atoms with van der Waals surface area (Å²) in [7, 11) is 4.00. The highest BCUT2D eigenvalue weighted by molar-refractivity contribution is 5.81. The summed E-state index contributed by atoms with van der Waals surface area (Å²) >= 11 is 0. The lowest BCUT2D eigenvalue weighted by Gasteiger charge is -2.23. The molecule has 0 saturated carbocycles. The van der Waals surface area contributed by atoms with E-state index < -0.39 is 0 Å². The van der Waals surface area contributed by atoms with E-state index in [1.54, 1.807) is 0 Å². The van der Waals surface area contributed by atoms with E-state index in [9.17, 15) is 4.79 Å². The van der Waals surface area contributed by atoms with Gasteiger partial charge in [-0.25, -0.2) is 4.79 Å². The van der Waals surface area contributed by atoms with Crippen molar-refractivity contribution in [3.8, 4) is 0 Å². The molecule has 0 aliphatic heterocycles. The van der Waals surface area contributed by atoms with E-state index in [1.165, 1.54) is 12.5 Å². The minimum atomic E-state index is -0.339. The molecule has 3 heteroatoms. The highest BCUT2D eigenvalue weighted by Crippen LogP contribution is 2.06. The summed E-state index contributed by atoms with van der Waals surface area (Å²) < 4.78 is 5.01. The first-order valence-electron chi connectivity index (χ1n) is 5.07. The number of ether oxygens (including phenoxy) is 1. The summed E-state index contributed by atoms with van der Waals surface area (Å²) in [5.74, 6) is -0.339. The van der Waals surface area contributed by atoms with Gasteiger partial charge in [0, 0.05) is 12.1 Å². The maximum Gasteiger partial charge on any atom is 0.330 e. The Morgan fingerprint density at radius 2 is 2.21 bits per heavy atom. The Labute approximate surface area is 86.7 Å². The third kappa shape index (κ3) is 5.75. The number of hydrogen-bond acceptors (Lipinski definition) is 3. The lowest BCUT2D eigenvalue weighted by Crippen LogP contribution is -2.33. The van der Waals surface area contributed by atoms with E-state index >= 15 is 0 Å². The topological polar surface area (TPSA) is 29.5 Å². The molecule has 0 aromatic carbocycles. The second kappa shape index (κ2) is 7.56. The Morgan fingerprint density at radius 1 is 1.57 bits per heavy atom. The average molecular weight is 199 g/mol. The van der Waals surface area contributed by atoms with Gasteiger partial charge >= 0.3 is 5.97 Å². The largest absolute Gasteiger partial charge is 0.461 e. The summed E-state index contributed by atoms with van der Waals surface area (Å²) in [5, 5.41) is 0. The Morgan fingerprint density at radius 3 is 2.64 bits per heavy atom. The van der Waals surface area contributed by atoms with Gasteiger partial charge in [-0.05, 0) is 20.5 Å². The van der Waals surface area contributed by atoms with Crippen molar-refractivity contribution in [2.75, 3.05) is 20.7 Å². The van der Waals surface area contributed by atoms with Gasteiger partial charge < -0.3 is 9.64 Å². The van der Waals surface area contributed by atoms with Crippen molar-refractivity contribution >= 4 is 5.97 Å².